The standard InChI is InChI=1S/C15H26N2S/c1-12-10-15(18-13(12)2)11-17-7-3-4-14-5-8-16-9-6-14/h10,14,16-17H,3-9,11H2,1-2H3. The molecule has 0 aromatic carbocycles. The third kappa shape index (κ3) is 4.38. The van der Waals surface area contributed by atoms with E-state index in [4.69, 9.17) is 0 Å². The summed E-state index contributed by atoms with van der Waals surface area (Å²) in [5, 5.41) is 7.01. The number of aryl methyl sites for hydroxylation is 2. The van der Waals surface area contributed by atoms with E-state index in [9.17, 15) is 0 Å². The average molecular weight is 266 g/mol. The fourth-order valence-corrected chi connectivity index (χ4v) is 3.66. The highest BCUT2D eigenvalue weighted by atomic mass is 32.1. The first-order chi connectivity index (χ1) is 8.75. The zero-order chi connectivity index (χ0) is 12.8. The molecule has 1 aliphatic heterocycles. The van der Waals surface area contributed by atoms with Crippen LogP contribution in [0, 0.1) is 19.8 Å². The maximum absolute atomic E-state index is 3.58. The average Bonchev–Trinajstić information content (AvgIpc) is 2.70. The number of piperidine rings is 1. The molecule has 0 unspecified atom stereocenters. The molecule has 18 heavy (non-hydrogen) atoms. The summed E-state index contributed by atoms with van der Waals surface area (Å²) in [7, 11) is 0. The van der Waals surface area contributed by atoms with Gasteiger partial charge in [0.15, 0.2) is 0 Å². The minimum absolute atomic E-state index is 0.972. The van der Waals surface area contributed by atoms with Crippen LogP contribution in [-0.2, 0) is 6.54 Å². The molecule has 2 N–H and O–H groups in total. The van der Waals surface area contributed by atoms with Crippen LogP contribution < -0.4 is 10.6 Å². The van der Waals surface area contributed by atoms with Gasteiger partial charge in [0.1, 0.15) is 0 Å². The Labute approximate surface area is 115 Å². The van der Waals surface area contributed by atoms with Gasteiger partial charge >= 0.3 is 0 Å². The van der Waals surface area contributed by atoms with E-state index in [0.717, 1.165) is 12.5 Å². The highest BCUT2D eigenvalue weighted by molar-refractivity contribution is 7.12. The Morgan fingerprint density at radius 3 is 2.78 bits per heavy atom. The zero-order valence-electron chi connectivity index (χ0n) is 11.7. The van der Waals surface area contributed by atoms with Gasteiger partial charge in [-0.05, 0) is 76.7 Å². The second kappa shape index (κ2) is 7.27. The quantitative estimate of drug-likeness (QED) is 0.773. The van der Waals surface area contributed by atoms with Crippen molar-refractivity contribution < 1.29 is 0 Å². The summed E-state index contributed by atoms with van der Waals surface area (Å²) < 4.78 is 0. The van der Waals surface area contributed by atoms with Crippen LogP contribution in [0.2, 0.25) is 0 Å². The molecular formula is C15H26N2S. The molecule has 0 saturated carbocycles. The molecule has 1 fully saturated rings. The van der Waals surface area contributed by atoms with E-state index in [0.29, 0.717) is 0 Å². The van der Waals surface area contributed by atoms with Gasteiger partial charge in [-0.3, -0.25) is 0 Å². The number of hydrogen-bond donors (Lipinski definition) is 2. The van der Waals surface area contributed by atoms with Crippen LogP contribution in [0.3, 0.4) is 0 Å². The van der Waals surface area contributed by atoms with Gasteiger partial charge in [-0.1, -0.05) is 0 Å². The summed E-state index contributed by atoms with van der Waals surface area (Å²) in [4.78, 5) is 2.94. The van der Waals surface area contributed by atoms with Crippen molar-refractivity contribution >= 4 is 11.3 Å². The molecule has 3 heteroatoms. The Hall–Kier alpha value is -0.380. The maximum atomic E-state index is 3.58. The largest absolute Gasteiger partial charge is 0.317 e. The van der Waals surface area contributed by atoms with Crippen molar-refractivity contribution in [3.05, 3.63) is 21.4 Å². The summed E-state index contributed by atoms with van der Waals surface area (Å²) in [5.41, 5.74) is 1.44. The van der Waals surface area contributed by atoms with Gasteiger partial charge in [0.2, 0.25) is 0 Å². The van der Waals surface area contributed by atoms with Crippen molar-refractivity contribution in [2.24, 2.45) is 5.92 Å². The second-order valence-corrected chi connectivity index (χ2v) is 6.81. The fraction of sp³-hybridized carbons (Fsp3) is 0.733. The Kier molecular flexibility index (Phi) is 5.67. The van der Waals surface area contributed by atoms with Crippen molar-refractivity contribution in [1.82, 2.24) is 10.6 Å². The van der Waals surface area contributed by atoms with E-state index in [-0.39, 0.29) is 0 Å². The Morgan fingerprint density at radius 1 is 1.33 bits per heavy atom. The van der Waals surface area contributed by atoms with E-state index < -0.39 is 0 Å². The van der Waals surface area contributed by atoms with Crippen molar-refractivity contribution in [2.75, 3.05) is 19.6 Å². The minimum atomic E-state index is 0.972. The maximum Gasteiger partial charge on any atom is 0.0299 e. The minimum Gasteiger partial charge on any atom is -0.317 e. The molecule has 1 saturated heterocycles. The molecule has 1 aromatic rings. The first-order valence-corrected chi connectivity index (χ1v) is 8.04. The van der Waals surface area contributed by atoms with E-state index in [1.165, 1.54) is 60.6 Å². The van der Waals surface area contributed by atoms with Crippen molar-refractivity contribution in [3.63, 3.8) is 0 Å². The number of nitrogens with one attached hydrogen (secondary N) is 2. The van der Waals surface area contributed by atoms with Crippen LogP contribution in [0.1, 0.15) is 41.0 Å². The monoisotopic (exact) mass is 266 g/mol. The topological polar surface area (TPSA) is 24.1 Å². The molecule has 0 bridgehead atoms. The van der Waals surface area contributed by atoms with Crippen molar-refractivity contribution in [2.45, 2.75) is 46.1 Å². The Bertz CT molecular complexity index is 334. The molecule has 0 radical (unpaired) electrons. The Morgan fingerprint density at radius 2 is 2.11 bits per heavy atom. The summed E-state index contributed by atoms with van der Waals surface area (Å²) in [6.45, 7) is 9.08. The SMILES string of the molecule is Cc1cc(CNCCCC2CCNCC2)sc1C. The first-order valence-electron chi connectivity index (χ1n) is 7.23. The molecule has 0 amide bonds. The van der Waals surface area contributed by atoms with Gasteiger partial charge in [0.25, 0.3) is 0 Å². The highest BCUT2D eigenvalue weighted by Crippen LogP contribution is 2.20. The van der Waals surface area contributed by atoms with Crippen molar-refractivity contribution in [1.29, 1.82) is 0 Å². The molecule has 1 aliphatic rings. The molecule has 102 valence electrons. The Balaban J connectivity index is 1.55. The smallest absolute Gasteiger partial charge is 0.0299 e. The summed E-state index contributed by atoms with van der Waals surface area (Å²) in [6.07, 6.45) is 5.48. The lowest BCUT2D eigenvalue weighted by Crippen LogP contribution is -2.28. The lowest BCUT2D eigenvalue weighted by Gasteiger charge is -2.22. The van der Waals surface area contributed by atoms with E-state index in [2.05, 4.69) is 30.5 Å². The van der Waals surface area contributed by atoms with Crippen LogP contribution >= 0.6 is 11.3 Å². The van der Waals surface area contributed by atoms with Crippen molar-refractivity contribution in [3.8, 4) is 0 Å². The molecule has 0 aliphatic carbocycles. The number of rotatable bonds is 6. The van der Waals surface area contributed by atoms with Crippen LogP contribution in [0.15, 0.2) is 6.07 Å². The van der Waals surface area contributed by atoms with E-state index in [1.807, 2.05) is 11.3 Å². The second-order valence-electron chi connectivity index (χ2n) is 5.46. The normalized spacial score (nSPS) is 17.2. The number of hydrogen-bond acceptors (Lipinski definition) is 3. The summed E-state index contributed by atoms with van der Waals surface area (Å²) >= 11 is 1.93. The molecule has 2 rings (SSSR count). The van der Waals surface area contributed by atoms with Crippen LogP contribution in [0.4, 0.5) is 0 Å². The van der Waals surface area contributed by atoms with Gasteiger partial charge in [-0.2, -0.15) is 0 Å². The predicted octanol–water partition coefficient (Wildman–Crippen LogP) is 3.23. The van der Waals surface area contributed by atoms with Crippen LogP contribution in [0.25, 0.3) is 0 Å². The first kappa shape index (κ1) is 14.0. The van der Waals surface area contributed by atoms with Crippen LogP contribution in [0.5, 0.6) is 0 Å². The zero-order valence-corrected chi connectivity index (χ0v) is 12.5. The number of thiophene rings is 1. The van der Waals surface area contributed by atoms with Gasteiger partial charge < -0.3 is 10.6 Å². The lowest BCUT2D eigenvalue weighted by atomic mass is 9.93. The predicted molar refractivity (Wildman–Crippen MR) is 80.3 cm³/mol. The van der Waals surface area contributed by atoms with Crippen LogP contribution in [-0.4, -0.2) is 19.6 Å². The highest BCUT2D eigenvalue weighted by Gasteiger charge is 2.11. The molecular weight excluding hydrogens is 240 g/mol. The fourth-order valence-electron chi connectivity index (χ4n) is 2.63. The third-order valence-electron chi connectivity index (χ3n) is 3.94. The van der Waals surface area contributed by atoms with E-state index >= 15 is 0 Å². The van der Waals surface area contributed by atoms with Gasteiger partial charge in [0.05, 0.1) is 0 Å². The van der Waals surface area contributed by atoms with E-state index in [1.54, 1.807) is 0 Å². The third-order valence-corrected chi connectivity index (χ3v) is 5.09. The molecule has 1 aromatic heterocycles. The van der Waals surface area contributed by atoms with Gasteiger partial charge in [-0.15, -0.1) is 11.3 Å². The van der Waals surface area contributed by atoms with Gasteiger partial charge in [-0.25, -0.2) is 0 Å². The lowest BCUT2D eigenvalue weighted by molar-refractivity contribution is 0.344. The molecule has 0 atom stereocenters. The van der Waals surface area contributed by atoms with Gasteiger partial charge in [0, 0.05) is 16.3 Å². The molecule has 2 nitrogen and oxygen atoms in total. The molecule has 0 spiro atoms. The summed E-state index contributed by atoms with van der Waals surface area (Å²) in [6, 6.07) is 2.32. The molecule has 2 heterocycles. The summed E-state index contributed by atoms with van der Waals surface area (Å²) in [5.74, 6) is 0.972.